The summed E-state index contributed by atoms with van der Waals surface area (Å²) in [6.45, 7) is 12.8. The van der Waals surface area contributed by atoms with Crippen LogP contribution in [0.3, 0.4) is 0 Å². The summed E-state index contributed by atoms with van der Waals surface area (Å²) in [6, 6.07) is 2.00. The fourth-order valence-corrected chi connectivity index (χ4v) is 2.85. The predicted octanol–water partition coefficient (Wildman–Crippen LogP) is 2.04. The largest absolute Gasteiger partial charge is 0.313 e. The molecule has 0 radical (unpaired) electrons. The second kappa shape index (κ2) is 7.46. The standard InChI is InChI=1S/C15H33N3/c1-12(2)15(10-16-13(3)4)18-9-7-8-14(11-18)17(5)6/h12-16H,7-11H2,1-6H3. The van der Waals surface area contributed by atoms with E-state index in [1.807, 2.05) is 0 Å². The highest BCUT2D eigenvalue weighted by molar-refractivity contribution is 4.85. The van der Waals surface area contributed by atoms with Gasteiger partial charge in [0.1, 0.15) is 0 Å². The van der Waals surface area contributed by atoms with Crippen LogP contribution in [0.5, 0.6) is 0 Å². The molecule has 0 aromatic heterocycles. The van der Waals surface area contributed by atoms with Crippen LogP contribution in [0.1, 0.15) is 40.5 Å². The second-order valence-corrected chi connectivity index (χ2v) is 6.63. The molecule has 1 aliphatic rings. The number of hydrogen-bond acceptors (Lipinski definition) is 3. The molecule has 18 heavy (non-hydrogen) atoms. The molecule has 0 amide bonds. The normalized spacial score (nSPS) is 24.2. The van der Waals surface area contributed by atoms with Gasteiger partial charge in [0.05, 0.1) is 0 Å². The number of nitrogens with one attached hydrogen (secondary N) is 1. The number of likely N-dealkylation sites (N-methyl/N-ethyl adjacent to an activating group) is 1. The van der Waals surface area contributed by atoms with E-state index in [9.17, 15) is 0 Å². The summed E-state index contributed by atoms with van der Waals surface area (Å²) in [7, 11) is 4.43. The lowest BCUT2D eigenvalue weighted by atomic mass is 9.96. The van der Waals surface area contributed by atoms with Crippen LogP contribution in [-0.4, -0.2) is 61.7 Å². The summed E-state index contributed by atoms with van der Waals surface area (Å²) in [5.41, 5.74) is 0. The lowest BCUT2D eigenvalue weighted by Gasteiger charge is -2.42. The predicted molar refractivity (Wildman–Crippen MR) is 80.0 cm³/mol. The molecule has 3 heteroatoms. The molecular formula is C15H33N3. The zero-order valence-electron chi connectivity index (χ0n) is 13.2. The van der Waals surface area contributed by atoms with Crippen LogP contribution in [0.4, 0.5) is 0 Å². The summed E-state index contributed by atoms with van der Waals surface area (Å²) in [5, 5.41) is 3.61. The molecule has 0 aromatic rings. The van der Waals surface area contributed by atoms with Gasteiger partial charge >= 0.3 is 0 Å². The second-order valence-electron chi connectivity index (χ2n) is 6.63. The maximum atomic E-state index is 3.61. The zero-order valence-corrected chi connectivity index (χ0v) is 13.2. The summed E-state index contributed by atoms with van der Waals surface area (Å²) in [5.74, 6) is 0.720. The van der Waals surface area contributed by atoms with Crippen molar-refractivity contribution in [2.24, 2.45) is 5.92 Å². The highest BCUT2D eigenvalue weighted by Crippen LogP contribution is 2.19. The lowest BCUT2D eigenvalue weighted by molar-refractivity contribution is 0.0743. The van der Waals surface area contributed by atoms with Crippen LogP contribution >= 0.6 is 0 Å². The number of nitrogens with zero attached hydrogens (tertiary/aromatic N) is 2. The Hall–Kier alpha value is -0.120. The Morgan fingerprint density at radius 2 is 1.89 bits per heavy atom. The molecule has 3 nitrogen and oxygen atoms in total. The van der Waals surface area contributed by atoms with Crippen LogP contribution in [-0.2, 0) is 0 Å². The van der Waals surface area contributed by atoms with Gasteiger partial charge in [-0.2, -0.15) is 0 Å². The van der Waals surface area contributed by atoms with Crippen molar-refractivity contribution >= 4 is 0 Å². The minimum absolute atomic E-state index is 0.584. The molecule has 2 atom stereocenters. The van der Waals surface area contributed by atoms with Crippen molar-refractivity contribution in [1.29, 1.82) is 0 Å². The Kier molecular flexibility index (Phi) is 6.61. The van der Waals surface area contributed by atoms with Crippen LogP contribution in [0.15, 0.2) is 0 Å². The molecule has 1 aliphatic heterocycles. The van der Waals surface area contributed by atoms with E-state index in [0.717, 1.165) is 18.5 Å². The number of piperidine rings is 1. The first-order chi connectivity index (χ1) is 8.41. The Bertz CT molecular complexity index is 226. The SMILES string of the molecule is CC(C)NCC(C(C)C)N1CCCC(N(C)C)C1. The fraction of sp³-hybridized carbons (Fsp3) is 1.00. The Labute approximate surface area is 114 Å². The van der Waals surface area contributed by atoms with Crippen molar-refractivity contribution < 1.29 is 0 Å². The van der Waals surface area contributed by atoms with E-state index in [-0.39, 0.29) is 0 Å². The van der Waals surface area contributed by atoms with Gasteiger partial charge in [-0.25, -0.2) is 0 Å². The first-order valence-corrected chi connectivity index (χ1v) is 7.55. The molecule has 0 spiro atoms. The van der Waals surface area contributed by atoms with E-state index in [2.05, 4.69) is 56.9 Å². The van der Waals surface area contributed by atoms with E-state index in [1.54, 1.807) is 0 Å². The van der Waals surface area contributed by atoms with Crippen molar-refractivity contribution in [1.82, 2.24) is 15.1 Å². The summed E-state index contributed by atoms with van der Waals surface area (Å²) in [6.07, 6.45) is 2.69. The van der Waals surface area contributed by atoms with E-state index in [1.165, 1.54) is 25.9 Å². The van der Waals surface area contributed by atoms with Gasteiger partial charge < -0.3 is 10.2 Å². The molecule has 1 N–H and O–H groups in total. The van der Waals surface area contributed by atoms with Gasteiger partial charge in [0, 0.05) is 31.2 Å². The number of likely N-dealkylation sites (tertiary alicyclic amines) is 1. The molecule has 2 unspecified atom stereocenters. The smallest absolute Gasteiger partial charge is 0.0244 e. The molecule has 108 valence electrons. The van der Waals surface area contributed by atoms with Gasteiger partial charge in [-0.1, -0.05) is 27.7 Å². The molecule has 0 saturated carbocycles. The molecule has 1 heterocycles. The Balaban J connectivity index is 2.56. The van der Waals surface area contributed by atoms with Gasteiger partial charge in [-0.3, -0.25) is 4.90 Å². The molecule has 1 fully saturated rings. The van der Waals surface area contributed by atoms with E-state index < -0.39 is 0 Å². The molecule has 0 aliphatic carbocycles. The molecule has 1 saturated heterocycles. The van der Waals surface area contributed by atoms with Crippen molar-refractivity contribution in [3.8, 4) is 0 Å². The average molecular weight is 255 g/mol. The quantitative estimate of drug-likeness (QED) is 0.783. The highest BCUT2D eigenvalue weighted by atomic mass is 15.2. The van der Waals surface area contributed by atoms with Gasteiger partial charge in [-0.05, 0) is 39.4 Å². The summed E-state index contributed by atoms with van der Waals surface area (Å²) in [4.78, 5) is 5.09. The van der Waals surface area contributed by atoms with Crippen molar-refractivity contribution in [2.45, 2.75) is 58.7 Å². The first-order valence-electron chi connectivity index (χ1n) is 7.55. The zero-order chi connectivity index (χ0) is 13.7. The minimum Gasteiger partial charge on any atom is -0.313 e. The third-order valence-corrected chi connectivity index (χ3v) is 4.13. The monoisotopic (exact) mass is 255 g/mol. The maximum absolute atomic E-state index is 3.61. The van der Waals surface area contributed by atoms with E-state index >= 15 is 0 Å². The van der Waals surface area contributed by atoms with E-state index in [4.69, 9.17) is 0 Å². The third kappa shape index (κ3) is 4.87. The van der Waals surface area contributed by atoms with Crippen molar-refractivity contribution in [2.75, 3.05) is 33.7 Å². The summed E-state index contributed by atoms with van der Waals surface area (Å²) >= 11 is 0. The van der Waals surface area contributed by atoms with Gasteiger partial charge in [0.15, 0.2) is 0 Å². The third-order valence-electron chi connectivity index (χ3n) is 4.13. The molecule has 0 bridgehead atoms. The van der Waals surface area contributed by atoms with Crippen molar-refractivity contribution in [3.63, 3.8) is 0 Å². The molecular weight excluding hydrogens is 222 g/mol. The topological polar surface area (TPSA) is 18.5 Å². The van der Waals surface area contributed by atoms with Gasteiger partial charge in [0.2, 0.25) is 0 Å². The lowest BCUT2D eigenvalue weighted by Crippen LogP contribution is -2.54. The Morgan fingerprint density at radius 3 is 2.39 bits per heavy atom. The van der Waals surface area contributed by atoms with Gasteiger partial charge in [-0.15, -0.1) is 0 Å². The van der Waals surface area contributed by atoms with Crippen LogP contribution < -0.4 is 5.32 Å². The van der Waals surface area contributed by atoms with Gasteiger partial charge in [0.25, 0.3) is 0 Å². The van der Waals surface area contributed by atoms with Crippen LogP contribution in [0, 0.1) is 5.92 Å². The molecule has 0 aromatic carbocycles. The maximum Gasteiger partial charge on any atom is 0.0244 e. The summed E-state index contributed by atoms with van der Waals surface area (Å²) < 4.78 is 0. The minimum atomic E-state index is 0.584. The highest BCUT2D eigenvalue weighted by Gasteiger charge is 2.28. The van der Waals surface area contributed by atoms with Crippen LogP contribution in [0.2, 0.25) is 0 Å². The fourth-order valence-electron chi connectivity index (χ4n) is 2.85. The van der Waals surface area contributed by atoms with Crippen LogP contribution in [0.25, 0.3) is 0 Å². The number of hydrogen-bond donors (Lipinski definition) is 1. The average Bonchev–Trinajstić information content (AvgIpc) is 2.28. The molecule has 1 rings (SSSR count). The number of rotatable bonds is 6. The van der Waals surface area contributed by atoms with E-state index in [0.29, 0.717) is 12.1 Å². The Morgan fingerprint density at radius 1 is 1.22 bits per heavy atom. The van der Waals surface area contributed by atoms with Crippen molar-refractivity contribution in [3.05, 3.63) is 0 Å². The first kappa shape index (κ1) is 15.9.